The highest BCUT2D eigenvalue weighted by Crippen LogP contribution is 2.44. The second-order valence-electron chi connectivity index (χ2n) is 4.15. The van der Waals surface area contributed by atoms with E-state index in [0.717, 1.165) is 12.8 Å². The smallest absolute Gasteiger partial charge is 0.156 e. The summed E-state index contributed by atoms with van der Waals surface area (Å²) in [6.45, 7) is 3.74. The van der Waals surface area contributed by atoms with Gasteiger partial charge in [0.25, 0.3) is 0 Å². The van der Waals surface area contributed by atoms with Gasteiger partial charge in [-0.3, -0.25) is 4.79 Å². The summed E-state index contributed by atoms with van der Waals surface area (Å²) in [5, 5.41) is 0. The maximum absolute atomic E-state index is 11.2. The third-order valence-corrected chi connectivity index (χ3v) is 3.30. The molecule has 0 bridgehead atoms. The molecule has 0 aliphatic heterocycles. The van der Waals surface area contributed by atoms with Crippen molar-refractivity contribution in [3.8, 4) is 0 Å². The van der Waals surface area contributed by atoms with E-state index >= 15 is 0 Å². The van der Waals surface area contributed by atoms with Crippen molar-refractivity contribution in [1.82, 2.24) is 0 Å². The Morgan fingerprint density at radius 1 is 1.54 bits per heavy atom. The Morgan fingerprint density at radius 3 is 3.15 bits per heavy atom. The number of ketones is 1. The van der Waals surface area contributed by atoms with Crippen LogP contribution in [0.2, 0.25) is 0 Å². The maximum Gasteiger partial charge on any atom is 0.156 e. The van der Waals surface area contributed by atoms with Crippen LogP contribution in [0.25, 0.3) is 0 Å². The Morgan fingerprint density at radius 2 is 2.38 bits per heavy atom. The Bertz CT molecular complexity index is 262. The summed E-state index contributed by atoms with van der Waals surface area (Å²) >= 11 is 0. The summed E-state index contributed by atoms with van der Waals surface area (Å²) in [6, 6.07) is 0. The second kappa shape index (κ2) is 3.49. The molecule has 1 nitrogen and oxygen atoms in total. The Kier molecular flexibility index (Phi) is 2.34. The zero-order valence-corrected chi connectivity index (χ0v) is 7.96. The van der Waals surface area contributed by atoms with Crippen LogP contribution in [0.1, 0.15) is 32.1 Å². The van der Waals surface area contributed by atoms with Gasteiger partial charge in [-0.05, 0) is 43.6 Å². The molecule has 1 fully saturated rings. The Balaban J connectivity index is 2.02. The van der Waals surface area contributed by atoms with Crippen LogP contribution in [-0.4, -0.2) is 5.78 Å². The minimum Gasteiger partial charge on any atom is -0.295 e. The minimum atomic E-state index is 0.350. The van der Waals surface area contributed by atoms with E-state index in [2.05, 4.69) is 6.58 Å². The van der Waals surface area contributed by atoms with E-state index in [-0.39, 0.29) is 0 Å². The second-order valence-corrected chi connectivity index (χ2v) is 4.15. The van der Waals surface area contributed by atoms with Crippen molar-refractivity contribution in [2.75, 3.05) is 0 Å². The van der Waals surface area contributed by atoms with Gasteiger partial charge in [-0.15, -0.1) is 6.58 Å². The highest BCUT2D eigenvalue weighted by atomic mass is 16.1. The van der Waals surface area contributed by atoms with E-state index < -0.39 is 0 Å². The predicted molar refractivity (Wildman–Crippen MR) is 53.4 cm³/mol. The topological polar surface area (TPSA) is 17.1 Å². The third-order valence-electron chi connectivity index (χ3n) is 3.30. The van der Waals surface area contributed by atoms with Crippen LogP contribution in [-0.2, 0) is 4.79 Å². The fourth-order valence-electron chi connectivity index (χ4n) is 2.64. The summed E-state index contributed by atoms with van der Waals surface area (Å²) in [5.74, 6) is 1.65. The lowest BCUT2D eigenvalue weighted by Gasteiger charge is -2.09. The molecule has 0 heterocycles. The highest BCUT2D eigenvalue weighted by molar-refractivity contribution is 5.93. The largest absolute Gasteiger partial charge is 0.295 e. The van der Waals surface area contributed by atoms with E-state index in [0.29, 0.717) is 17.6 Å². The molecule has 0 unspecified atom stereocenters. The van der Waals surface area contributed by atoms with Crippen molar-refractivity contribution < 1.29 is 4.79 Å². The van der Waals surface area contributed by atoms with Gasteiger partial charge in [0.05, 0.1) is 0 Å². The monoisotopic (exact) mass is 176 g/mol. The van der Waals surface area contributed by atoms with Crippen molar-refractivity contribution in [2.24, 2.45) is 11.8 Å². The fourth-order valence-corrected chi connectivity index (χ4v) is 2.64. The Hall–Kier alpha value is -0.850. The molecule has 0 amide bonds. The van der Waals surface area contributed by atoms with Crippen molar-refractivity contribution in [3.63, 3.8) is 0 Å². The fraction of sp³-hybridized carbons (Fsp3) is 0.583. The Labute approximate surface area is 79.5 Å². The van der Waals surface area contributed by atoms with Gasteiger partial charge >= 0.3 is 0 Å². The van der Waals surface area contributed by atoms with E-state index in [4.69, 9.17) is 0 Å². The lowest BCUT2D eigenvalue weighted by Crippen LogP contribution is -1.97. The number of fused-ring (bicyclic) bond motifs is 1. The number of rotatable bonds is 3. The molecule has 0 aromatic rings. The normalized spacial score (nSPS) is 31.7. The molecule has 0 N–H and O–H groups in total. The first-order chi connectivity index (χ1) is 6.31. The number of carbonyl (C=O) groups excluding carboxylic acids is 1. The first-order valence-electron chi connectivity index (χ1n) is 5.16. The van der Waals surface area contributed by atoms with Crippen LogP contribution in [0.3, 0.4) is 0 Å². The van der Waals surface area contributed by atoms with Crippen LogP contribution in [0.4, 0.5) is 0 Å². The van der Waals surface area contributed by atoms with E-state index in [1.165, 1.54) is 24.8 Å². The third kappa shape index (κ3) is 1.60. The molecule has 2 atom stereocenters. The van der Waals surface area contributed by atoms with Crippen LogP contribution < -0.4 is 0 Å². The van der Waals surface area contributed by atoms with E-state index in [1.807, 2.05) is 12.2 Å². The van der Waals surface area contributed by atoms with Crippen LogP contribution >= 0.6 is 0 Å². The number of allylic oxidation sites excluding steroid dienone is 3. The lowest BCUT2D eigenvalue weighted by atomic mass is 9.95. The molecule has 0 spiro atoms. The average molecular weight is 176 g/mol. The highest BCUT2D eigenvalue weighted by Gasteiger charge is 2.34. The molecule has 2 rings (SSSR count). The van der Waals surface area contributed by atoms with Gasteiger partial charge in [0.2, 0.25) is 0 Å². The zero-order chi connectivity index (χ0) is 9.26. The standard InChI is InChI=1S/C12H16O/c1-2-3-4-9-5-6-10-7-11(13)8-12(9)10/h2,8-10H,1,3-7H2/t9-,10+/m0/s1. The minimum absolute atomic E-state index is 0.350. The molecular weight excluding hydrogens is 160 g/mol. The van der Waals surface area contributed by atoms with Crippen molar-refractivity contribution in [1.29, 1.82) is 0 Å². The van der Waals surface area contributed by atoms with Crippen LogP contribution in [0, 0.1) is 11.8 Å². The molecular formula is C12H16O. The predicted octanol–water partition coefficient (Wildman–Crippen LogP) is 2.88. The molecule has 2 aliphatic rings. The van der Waals surface area contributed by atoms with Gasteiger partial charge < -0.3 is 0 Å². The molecule has 0 aromatic carbocycles. The molecule has 1 heteroatoms. The quantitative estimate of drug-likeness (QED) is 0.604. The van der Waals surface area contributed by atoms with Gasteiger partial charge in [-0.2, -0.15) is 0 Å². The van der Waals surface area contributed by atoms with Crippen molar-refractivity contribution >= 4 is 5.78 Å². The van der Waals surface area contributed by atoms with Gasteiger partial charge in [-0.25, -0.2) is 0 Å². The summed E-state index contributed by atoms with van der Waals surface area (Å²) in [5.41, 5.74) is 1.45. The van der Waals surface area contributed by atoms with Crippen LogP contribution in [0.5, 0.6) is 0 Å². The van der Waals surface area contributed by atoms with Crippen molar-refractivity contribution in [3.05, 3.63) is 24.3 Å². The van der Waals surface area contributed by atoms with Crippen molar-refractivity contribution in [2.45, 2.75) is 32.1 Å². The number of carbonyl (C=O) groups is 1. The number of hydrogen-bond donors (Lipinski definition) is 0. The summed E-state index contributed by atoms with van der Waals surface area (Å²) in [6.07, 6.45) is 9.48. The zero-order valence-electron chi connectivity index (χ0n) is 7.96. The molecule has 0 aromatic heterocycles. The van der Waals surface area contributed by atoms with Gasteiger partial charge in [0, 0.05) is 6.42 Å². The van der Waals surface area contributed by atoms with Gasteiger partial charge in [-0.1, -0.05) is 11.6 Å². The van der Waals surface area contributed by atoms with E-state index in [1.54, 1.807) is 0 Å². The molecule has 0 saturated heterocycles. The maximum atomic E-state index is 11.2. The molecule has 70 valence electrons. The van der Waals surface area contributed by atoms with Gasteiger partial charge in [0.1, 0.15) is 0 Å². The first kappa shape index (κ1) is 8.74. The molecule has 1 saturated carbocycles. The van der Waals surface area contributed by atoms with E-state index in [9.17, 15) is 4.79 Å². The SMILES string of the molecule is C=CCC[C@H]1CC[C@@H]2CC(=O)C=C12. The molecule has 0 radical (unpaired) electrons. The van der Waals surface area contributed by atoms with Gasteiger partial charge in [0.15, 0.2) is 5.78 Å². The molecule has 2 aliphatic carbocycles. The van der Waals surface area contributed by atoms with Crippen LogP contribution in [0.15, 0.2) is 24.3 Å². The first-order valence-corrected chi connectivity index (χ1v) is 5.16. The average Bonchev–Trinajstić information content (AvgIpc) is 2.61. The lowest BCUT2D eigenvalue weighted by molar-refractivity contribution is -0.114. The summed E-state index contributed by atoms with van der Waals surface area (Å²) in [7, 11) is 0. The molecule has 13 heavy (non-hydrogen) atoms. The number of hydrogen-bond acceptors (Lipinski definition) is 1. The summed E-state index contributed by atoms with van der Waals surface area (Å²) in [4.78, 5) is 11.2. The summed E-state index contributed by atoms with van der Waals surface area (Å²) < 4.78 is 0.